The van der Waals surface area contributed by atoms with Crippen LogP contribution in [0.15, 0.2) is 29.0 Å². The van der Waals surface area contributed by atoms with Crippen molar-refractivity contribution in [1.82, 2.24) is 4.90 Å². The monoisotopic (exact) mass is 500 g/mol. The van der Waals surface area contributed by atoms with Gasteiger partial charge in [0, 0.05) is 18.4 Å². The second-order valence-corrected chi connectivity index (χ2v) is 12.2. The van der Waals surface area contributed by atoms with Crippen molar-refractivity contribution in [2.24, 2.45) is 33.7 Å². The molecule has 2 N–H and O–H groups in total. The maximum atomic E-state index is 12.6. The first-order chi connectivity index (χ1) is 17.0. The summed E-state index contributed by atoms with van der Waals surface area (Å²) in [5, 5.41) is 25.2. The Morgan fingerprint density at radius 2 is 1.92 bits per heavy atom. The molecule has 0 spiro atoms. The van der Waals surface area contributed by atoms with E-state index in [1.165, 1.54) is 17.6 Å². The molecule has 0 unspecified atom stereocenters. The third kappa shape index (κ3) is 3.92. The molecule has 8 heteroatoms. The summed E-state index contributed by atoms with van der Waals surface area (Å²) in [6, 6.07) is -0.790. The number of nitrogens with zero attached hydrogens (tertiary/aromatic N) is 2. The summed E-state index contributed by atoms with van der Waals surface area (Å²) >= 11 is 0. The molecule has 0 aromatic rings. The average Bonchev–Trinajstić information content (AvgIpc) is 3.35. The number of likely N-dealkylation sites (tertiary alicyclic amines) is 1. The van der Waals surface area contributed by atoms with Gasteiger partial charge in [0.15, 0.2) is 6.61 Å². The summed E-state index contributed by atoms with van der Waals surface area (Å²) in [5.41, 5.74) is 1.47. The highest BCUT2D eigenvalue weighted by atomic mass is 16.6. The number of esters is 1. The lowest BCUT2D eigenvalue weighted by molar-refractivity contribution is -0.152. The van der Waals surface area contributed by atoms with Crippen molar-refractivity contribution < 1.29 is 29.4 Å². The highest BCUT2D eigenvalue weighted by Crippen LogP contribution is 2.66. The van der Waals surface area contributed by atoms with Gasteiger partial charge in [-0.2, -0.15) is 0 Å². The fourth-order valence-electron chi connectivity index (χ4n) is 8.20. The molecule has 1 amide bonds. The zero-order chi connectivity index (χ0) is 25.9. The van der Waals surface area contributed by atoms with Crippen molar-refractivity contribution in [2.75, 3.05) is 20.3 Å². The number of hydrogen-bond donors (Lipinski definition) is 2. The molecule has 36 heavy (non-hydrogen) atoms. The maximum Gasteiger partial charge on any atom is 0.328 e. The van der Waals surface area contributed by atoms with Crippen LogP contribution in [0.3, 0.4) is 0 Å². The van der Waals surface area contributed by atoms with Crippen LogP contribution >= 0.6 is 0 Å². The van der Waals surface area contributed by atoms with Crippen molar-refractivity contribution in [3.8, 4) is 0 Å². The normalized spacial score (nSPS) is 44.5. The summed E-state index contributed by atoms with van der Waals surface area (Å²) in [4.78, 5) is 31.3. The Kier molecular flexibility index (Phi) is 6.35. The quantitative estimate of drug-likeness (QED) is 0.454. The molecule has 0 aromatic carbocycles. The predicted octanol–water partition coefficient (Wildman–Crippen LogP) is 2.98. The SMILES string of the molecule is COC(=O)[C@@H]1C[C@@H](O)CN1C(=O)CO/N=C1\C=C[C@@]2(C)C(=C1)CC[C@@H]1[C@@H]2CC[C@@]2(C)[C@H]1CC[C@]2(C)O. The van der Waals surface area contributed by atoms with Gasteiger partial charge in [0.25, 0.3) is 5.91 Å². The Labute approximate surface area is 213 Å². The molecule has 8 nitrogen and oxygen atoms in total. The predicted molar refractivity (Wildman–Crippen MR) is 134 cm³/mol. The van der Waals surface area contributed by atoms with E-state index < -0.39 is 29.6 Å². The molecule has 8 atom stereocenters. The number of aliphatic hydroxyl groups excluding tert-OH is 1. The first-order valence-electron chi connectivity index (χ1n) is 13.4. The highest BCUT2D eigenvalue weighted by Gasteiger charge is 2.62. The Balaban J connectivity index is 1.24. The number of oxime groups is 1. The number of carbonyl (C=O) groups excluding carboxylic acids is 2. The van der Waals surface area contributed by atoms with Crippen molar-refractivity contribution in [3.05, 3.63) is 23.8 Å². The minimum Gasteiger partial charge on any atom is -0.467 e. The molecule has 198 valence electrons. The topological polar surface area (TPSA) is 109 Å². The van der Waals surface area contributed by atoms with E-state index in [9.17, 15) is 19.8 Å². The standard InChI is InChI=1S/C28H40N2O6/c1-26-10-7-18(29-36-16-24(32)30-15-19(31)14-23(30)25(33)35-4)13-17(26)5-6-20-21(26)8-11-27(2)22(20)9-12-28(27,3)34/h7,10,13,19-23,31,34H,5-6,8-9,11-12,14-16H2,1-4H3/b29-18+/t19-,20-,21+,22+,23+,26+,27+,28+/m1/s1. The lowest BCUT2D eigenvalue weighted by Gasteiger charge is -2.58. The Hall–Kier alpha value is -2.19. The van der Waals surface area contributed by atoms with E-state index >= 15 is 0 Å². The first kappa shape index (κ1) is 25.5. The zero-order valence-corrected chi connectivity index (χ0v) is 21.9. The van der Waals surface area contributed by atoms with Crippen LogP contribution in [0.25, 0.3) is 0 Å². The maximum absolute atomic E-state index is 12.6. The molecule has 0 aromatic heterocycles. The van der Waals surface area contributed by atoms with Crippen LogP contribution in [0, 0.1) is 28.6 Å². The van der Waals surface area contributed by atoms with Gasteiger partial charge in [-0.15, -0.1) is 0 Å². The van der Waals surface area contributed by atoms with E-state index in [0.717, 1.165) is 38.5 Å². The molecule has 1 saturated heterocycles. The second kappa shape index (κ2) is 8.98. The Morgan fingerprint density at radius 1 is 1.17 bits per heavy atom. The zero-order valence-electron chi connectivity index (χ0n) is 21.9. The summed E-state index contributed by atoms with van der Waals surface area (Å²) in [5.74, 6) is 0.810. The minimum absolute atomic E-state index is 0.00931. The first-order valence-corrected chi connectivity index (χ1v) is 13.4. The van der Waals surface area contributed by atoms with Gasteiger partial charge in [-0.1, -0.05) is 30.7 Å². The highest BCUT2D eigenvalue weighted by molar-refractivity contribution is 6.05. The van der Waals surface area contributed by atoms with Gasteiger partial charge in [-0.25, -0.2) is 4.79 Å². The van der Waals surface area contributed by atoms with Gasteiger partial charge < -0.3 is 24.7 Å². The van der Waals surface area contributed by atoms with Crippen LogP contribution in [-0.2, 0) is 19.2 Å². The number of carbonyl (C=O) groups is 2. The van der Waals surface area contributed by atoms with Crippen molar-refractivity contribution in [3.63, 3.8) is 0 Å². The molecule has 1 aliphatic heterocycles. The summed E-state index contributed by atoms with van der Waals surface area (Å²) in [7, 11) is 1.27. The molecule has 3 saturated carbocycles. The second-order valence-electron chi connectivity index (χ2n) is 12.2. The van der Waals surface area contributed by atoms with Gasteiger partial charge in [-0.05, 0) is 80.8 Å². The van der Waals surface area contributed by atoms with Crippen molar-refractivity contribution in [1.29, 1.82) is 0 Å². The van der Waals surface area contributed by atoms with E-state index in [1.807, 2.05) is 13.0 Å². The third-order valence-corrected chi connectivity index (χ3v) is 10.6. The molecule has 5 aliphatic rings. The molecule has 4 aliphatic carbocycles. The number of amides is 1. The Morgan fingerprint density at radius 3 is 2.67 bits per heavy atom. The summed E-state index contributed by atoms with van der Waals surface area (Å²) in [6.45, 7) is 6.47. The summed E-state index contributed by atoms with van der Waals surface area (Å²) in [6.07, 6.45) is 12.1. The van der Waals surface area contributed by atoms with Gasteiger partial charge in [0.05, 0.1) is 18.8 Å². The van der Waals surface area contributed by atoms with Gasteiger partial charge in [-0.3, -0.25) is 4.79 Å². The minimum atomic E-state index is -0.790. The number of allylic oxidation sites excluding steroid dienone is 4. The molecular formula is C28H40N2O6. The number of β-amino-alcohol motifs (C(OH)–C–C–N with tert-alkyl or cyclic N) is 1. The van der Waals surface area contributed by atoms with E-state index in [0.29, 0.717) is 23.5 Å². The summed E-state index contributed by atoms with van der Waals surface area (Å²) < 4.78 is 4.76. The van der Waals surface area contributed by atoms with E-state index in [-0.39, 0.29) is 30.4 Å². The number of rotatable bonds is 4. The van der Waals surface area contributed by atoms with Crippen LogP contribution in [0.4, 0.5) is 0 Å². The van der Waals surface area contributed by atoms with Crippen LogP contribution in [0.1, 0.15) is 65.7 Å². The van der Waals surface area contributed by atoms with Crippen LogP contribution in [-0.4, -0.2) is 70.7 Å². The molecular weight excluding hydrogens is 460 g/mol. The largest absolute Gasteiger partial charge is 0.467 e. The van der Waals surface area contributed by atoms with Crippen LogP contribution in [0.5, 0.6) is 0 Å². The third-order valence-electron chi connectivity index (χ3n) is 10.6. The molecule has 1 heterocycles. The van der Waals surface area contributed by atoms with E-state index in [1.54, 1.807) is 0 Å². The number of ether oxygens (including phenoxy) is 1. The van der Waals surface area contributed by atoms with Crippen molar-refractivity contribution >= 4 is 17.6 Å². The van der Waals surface area contributed by atoms with Gasteiger partial charge >= 0.3 is 5.97 Å². The van der Waals surface area contributed by atoms with Crippen LogP contribution < -0.4 is 0 Å². The van der Waals surface area contributed by atoms with Gasteiger partial charge in [0.1, 0.15) is 11.8 Å². The fraction of sp³-hybridized carbons (Fsp3) is 0.750. The lowest BCUT2D eigenvalue weighted by Crippen LogP contribution is -2.53. The average molecular weight is 501 g/mol. The van der Waals surface area contributed by atoms with Gasteiger partial charge in [0.2, 0.25) is 0 Å². The molecule has 4 fully saturated rings. The lowest BCUT2D eigenvalue weighted by atomic mass is 9.47. The van der Waals surface area contributed by atoms with E-state index in [4.69, 9.17) is 9.57 Å². The number of hydrogen-bond acceptors (Lipinski definition) is 7. The smallest absolute Gasteiger partial charge is 0.328 e. The molecule has 5 rings (SSSR count). The van der Waals surface area contributed by atoms with Crippen LogP contribution in [0.2, 0.25) is 0 Å². The Bertz CT molecular complexity index is 1020. The molecule has 0 bridgehead atoms. The number of fused-ring (bicyclic) bond motifs is 5. The molecule has 0 radical (unpaired) electrons. The van der Waals surface area contributed by atoms with Crippen molar-refractivity contribution in [2.45, 2.75) is 83.5 Å². The number of methoxy groups -OCH3 is 1. The van der Waals surface area contributed by atoms with E-state index in [2.05, 4.69) is 31.2 Å². The number of aliphatic hydroxyl groups is 2. The fourth-order valence-corrected chi connectivity index (χ4v) is 8.20.